The van der Waals surface area contributed by atoms with Crippen molar-refractivity contribution in [1.82, 2.24) is 19.7 Å². The quantitative estimate of drug-likeness (QED) is 0.425. The Morgan fingerprint density at radius 3 is 2.90 bits per heavy atom. The summed E-state index contributed by atoms with van der Waals surface area (Å²) in [4.78, 5) is 22.2. The van der Waals surface area contributed by atoms with E-state index in [1.165, 1.54) is 4.70 Å². The number of thiophene rings is 1. The first kappa shape index (κ1) is 18.8. The molecule has 0 bridgehead atoms. The average molecular weight is 425 g/mol. The van der Waals surface area contributed by atoms with Crippen molar-refractivity contribution in [2.75, 3.05) is 6.54 Å². The SMILES string of the molecule is Cc1nn(CC(C)C)c2sc(C(=O)N3CCC[C@H]3c3nc4ccccc4s3)cc12. The number of aromatic nitrogens is 3. The number of hydrogen-bond acceptors (Lipinski definition) is 5. The molecule has 1 saturated heterocycles. The Hall–Kier alpha value is -2.25. The van der Waals surface area contributed by atoms with Crippen LogP contribution in [0.25, 0.3) is 20.4 Å². The van der Waals surface area contributed by atoms with Crippen molar-refractivity contribution < 1.29 is 4.79 Å². The first-order valence-corrected chi connectivity index (χ1v) is 11.8. The van der Waals surface area contributed by atoms with Gasteiger partial charge in [0.2, 0.25) is 0 Å². The molecule has 0 unspecified atom stereocenters. The summed E-state index contributed by atoms with van der Waals surface area (Å²) < 4.78 is 3.25. The smallest absolute Gasteiger partial charge is 0.264 e. The number of nitrogens with zero attached hydrogens (tertiary/aromatic N) is 4. The van der Waals surface area contributed by atoms with E-state index in [2.05, 4.69) is 29.7 Å². The maximum absolute atomic E-state index is 13.4. The Morgan fingerprint density at radius 1 is 1.28 bits per heavy atom. The number of hydrogen-bond donors (Lipinski definition) is 0. The minimum Gasteiger partial charge on any atom is -0.328 e. The second-order valence-electron chi connectivity index (χ2n) is 8.17. The Morgan fingerprint density at radius 2 is 2.10 bits per heavy atom. The van der Waals surface area contributed by atoms with Gasteiger partial charge in [0.05, 0.1) is 26.8 Å². The summed E-state index contributed by atoms with van der Waals surface area (Å²) >= 11 is 3.29. The molecule has 0 aliphatic carbocycles. The summed E-state index contributed by atoms with van der Waals surface area (Å²) in [6, 6.07) is 10.3. The number of fused-ring (bicyclic) bond motifs is 2. The summed E-state index contributed by atoms with van der Waals surface area (Å²) in [5.74, 6) is 0.643. The molecule has 1 aliphatic rings. The van der Waals surface area contributed by atoms with Gasteiger partial charge < -0.3 is 4.90 Å². The highest BCUT2D eigenvalue weighted by molar-refractivity contribution is 7.20. The van der Waals surface area contributed by atoms with Crippen molar-refractivity contribution >= 4 is 49.0 Å². The molecule has 5 nitrogen and oxygen atoms in total. The zero-order valence-electron chi connectivity index (χ0n) is 16.9. The van der Waals surface area contributed by atoms with Crippen molar-refractivity contribution in [3.05, 3.63) is 45.9 Å². The van der Waals surface area contributed by atoms with Crippen LogP contribution in [0, 0.1) is 12.8 Å². The van der Waals surface area contributed by atoms with Crippen molar-refractivity contribution in [2.45, 2.75) is 46.2 Å². The van der Waals surface area contributed by atoms with Crippen LogP contribution < -0.4 is 0 Å². The van der Waals surface area contributed by atoms with Crippen LogP contribution in [0.5, 0.6) is 0 Å². The first-order valence-electron chi connectivity index (χ1n) is 10.1. The summed E-state index contributed by atoms with van der Waals surface area (Å²) in [5.41, 5.74) is 2.03. The Balaban J connectivity index is 1.47. The fraction of sp³-hybridized carbons (Fsp3) is 0.409. The summed E-state index contributed by atoms with van der Waals surface area (Å²) in [6.45, 7) is 8.08. The van der Waals surface area contributed by atoms with E-state index in [9.17, 15) is 4.79 Å². The molecule has 4 heterocycles. The maximum Gasteiger partial charge on any atom is 0.264 e. The molecule has 1 aromatic carbocycles. The summed E-state index contributed by atoms with van der Waals surface area (Å²) in [6.07, 6.45) is 2.01. The lowest BCUT2D eigenvalue weighted by molar-refractivity contribution is 0.0740. The average Bonchev–Trinajstić information content (AvgIpc) is 3.45. The van der Waals surface area contributed by atoms with Crippen LogP contribution in [-0.4, -0.2) is 32.1 Å². The Kier molecular flexibility index (Phi) is 4.67. The van der Waals surface area contributed by atoms with Crippen molar-refractivity contribution in [2.24, 2.45) is 5.92 Å². The predicted octanol–water partition coefficient (Wildman–Crippen LogP) is 5.65. The van der Waals surface area contributed by atoms with Crippen LogP contribution in [0.15, 0.2) is 30.3 Å². The number of likely N-dealkylation sites (tertiary alicyclic amines) is 1. The van der Waals surface area contributed by atoms with Gasteiger partial charge in [-0.1, -0.05) is 26.0 Å². The molecule has 150 valence electrons. The molecule has 0 spiro atoms. The van der Waals surface area contributed by atoms with Crippen LogP contribution in [0.2, 0.25) is 0 Å². The fourth-order valence-corrected chi connectivity index (χ4v) is 6.37. The molecule has 7 heteroatoms. The topological polar surface area (TPSA) is 51.0 Å². The third-order valence-corrected chi connectivity index (χ3v) is 7.74. The second-order valence-corrected chi connectivity index (χ2v) is 10.3. The number of carbonyl (C=O) groups is 1. The van der Waals surface area contributed by atoms with Gasteiger partial charge in [-0.15, -0.1) is 22.7 Å². The van der Waals surface area contributed by atoms with E-state index in [1.807, 2.05) is 36.1 Å². The molecule has 0 saturated carbocycles. The molecule has 1 aliphatic heterocycles. The van der Waals surface area contributed by atoms with Crippen LogP contribution in [-0.2, 0) is 6.54 Å². The van der Waals surface area contributed by atoms with Gasteiger partial charge in [0.15, 0.2) is 0 Å². The zero-order valence-corrected chi connectivity index (χ0v) is 18.5. The van der Waals surface area contributed by atoms with Crippen molar-refractivity contribution in [1.29, 1.82) is 0 Å². The molecule has 4 aromatic rings. The van der Waals surface area contributed by atoms with Gasteiger partial charge in [-0.2, -0.15) is 5.10 Å². The maximum atomic E-state index is 13.4. The van der Waals surface area contributed by atoms with E-state index in [0.29, 0.717) is 5.92 Å². The largest absolute Gasteiger partial charge is 0.328 e. The number of benzene rings is 1. The standard InChI is InChI=1S/C22H24N4OS2/c1-13(2)12-26-22-15(14(3)24-26)11-19(29-22)21(27)25-10-6-8-17(25)20-23-16-7-4-5-9-18(16)28-20/h4-5,7,9,11,13,17H,6,8,10,12H2,1-3H3/t17-/m0/s1. The predicted molar refractivity (Wildman–Crippen MR) is 120 cm³/mol. The van der Waals surface area contributed by atoms with E-state index >= 15 is 0 Å². The summed E-state index contributed by atoms with van der Waals surface area (Å²) in [7, 11) is 0. The monoisotopic (exact) mass is 424 g/mol. The van der Waals surface area contributed by atoms with E-state index < -0.39 is 0 Å². The lowest BCUT2D eigenvalue weighted by Crippen LogP contribution is -2.29. The highest BCUT2D eigenvalue weighted by Crippen LogP contribution is 2.39. The number of para-hydroxylation sites is 1. The van der Waals surface area contributed by atoms with Gasteiger partial charge in [0.25, 0.3) is 5.91 Å². The van der Waals surface area contributed by atoms with Crippen molar-refractivity contribution in [3.63, 3.8) is 0 Å². The normalized spacial score (nSPS) is 17.2. The van der Waals surface area contributed by atoms with E-state index in [4.69, 9.17) is 4.98 Å². The number of carbonyl (C=O) groups excluding carboxylic acids is 1. The first-order chi connectivity index (χ1) is 14.0. The molecule has 0 N–H and O–H groups in total. The minimum absolute atomic E-state index is 0.0818. The molecule has 1 atom stereocenters. The third kappa shape index (κ3) is 3.26. The van der Waals surface area contributed by atoms with Gasteiger partial charge >= 0.3 is 0 Å². The molecule has 0 radical (unpaired) electrons. The summed E-state index contributed by atoms with van der Waals surface area (Å²) in [5, 5.41) is 6.83. The number of rotatable bonds is 4. The Labute approximate surface area is 178 Å². The lowest BCUT2D eigenvalue weighted by atomic mass is 10.2. The number of aryl methyl sites for hydroxylation is 1. The number of amides is 1. The van der Waals surface area contributed by atoms with Gasteiger partial charge in [-0.05, 0) is 43.9 Å². The van der Waals surface area contributed by atoms with Crippen LogP contribution >= 0.6 is 22.7 Å². The fourth-order valence-electron chi connectivity index (χ4n) is 4.13. The molecule has 5 rings (SSSR count). The van der Waals surface area contributed by atoms with Gasteiger partial charge in [-0.25, -0.2) is 4.98 Å². The molecule has 3 aromatic heterocycles. The van der Waals surface area contributed by atoms with Gasteiger partial charge in [0, 0.05) is 18.5 Å². The van der Waals surface area contributed by atoms with Gasteiger partial charge in [-0.3, -0.25) is 9.48 Å². The van der Waals surface area contributed by atoms with Crippen LogP contribution in [0.1, 0.15) is 53.1 Å². The highest BCUT2D eigenvalue weighted by atomic mass is 32.1. The highest BCUT2D eigenvalue weighted by Gasteiger charge is 2.34. The molecule has 1 amide bonds. The lowest BCUT2D eigenvalue weighted by Gasteiger charge is -2.22. The van der Waals surface area contributed by atoms with Gasteiger partial charge in [0.1, 0.15) is 9.84 Å². The van der Waals surface area contributed by atoms with E-state index in [1.54, 1.807) is 22.7 Å². The second kappa shape index (κ2) is 7.22. The molecule has 29 heavy (non-hydrogen) atoms. The Bertz CT molecular complexity index is 1170. The minimum atomic E-state index is 0.0818. The molecular weight excluding hydrogens is 400 g/mol. The molecule has 1 fully saturated rings. The molecular formula is C22H24N4OS2. The zero-order chi connectivity index (χ0) is 20.1. The third-order valence-electron chi connectivity index (χ3n) is 5.47. The van der Waals surface area contributed by atoms with Crippen LogP contribution in [0.4, 0.5) is 0 Å². The number of thiazole rings is 1. The van der Waals surface area contributed by atoms with E-state index in [0.717, 1.165) is 57.2 Å². The van der Waals surface area contributed by atoms with E-state index in [-0.39, 0.29) is 11.9 Å². The van der Waals surface area contributed by atoms with Crippen LogP contribution in [0.3, 0.4) is 0 Å². The van der Waals surface area contributed by atoms with Crippen molar-refractivity contribution in [3.8, 4) is 0 Å².